The molecular formula is C24H23FN2O4. The summed E-state index contributed by atoms with van der Waals surface area (Å²) in [4.78, 5) is 28.3. The van der Waals surface area contributed by atoms with E-state index in [2.05, 4.69) is 5.32 Å². The second-order valence-corrected chi connectivity index (χ2v) is 8.08. The maximum absolute atomic E-state index is 13.5. The molecule has 0 unspecified atom stereocenters. The van der Waals surface area contributed by atoms with Crippen LogP contribution < -0.4 is 14.8 Å². The number of nitrogens with one attached hydrogen (secondary N) is 1. The van der Waals surface area contributed by atoms with Gasteiger partial charge in [-0.15, -0.1) is 0 Å². The fourth-order valence-corrected chi connectivity index (χ4v) is 4.51. The van der Waals surface area contributed by atoms with Crippen LogP contribution in [0.5, 0.6) is 11.5 Å². The number of nitrogens with zero attached hydrogens (tertiary/aromatic N) is 1. The maximum Gasteiger partial charge on any atom is 0.278 e. The molecule has 31 heavy (non-hydrogen) atoms. The van der Waals surface area contributed by atoms with Crippen molar-refractivity contribution in [1.82, 2.24) is 4.90 Å². The third-order valence-electron chi connectivity index (χ3n) is 6.08. The first-order valence-corrected chi connectivity index (χ1v) is 10.7. The molecular weight excluding hydrogens is 399 g/mol. The number of halogens is 1. The van der Waals surface area contributed by atoms with Crippen molar-refractivity contribution in [3.05, 3.63) is 59.5 Å². The van der Waals surface area contributed by atoms with E-state index in [4.69, 9.17) is 9.47 Å². The number of amides is 2. The number of hydrogen-bond donors (Lipinski definition) is 1. The van der Waals surface area contributed by atoms with Crippen LogP contribution in [0.1, 0.15) is 44.1 Å². The Bertz CT molecular complexity index is 1060. The zero-order valence-electron chi connectivity index (χ0n) is 17.0. The van der Waals surface area contributed by atoms with Crippen molar-refractivity contribution in [3.63, 3.8) is 0 Å². The SMILES string of the molecule is O=C1C(Nc2ccc3c(c2)OCO3)=C(c2ccc(F)cc2)C(=O)N1C1CCCCCC1. The number of ether oxygens (including phenoxy) is 2. The summed E-state index contributed by atoms with van der Waals surface area (Å²) in [6, 6.07) is 10.8. The molecule has 1 aliphatic carbocycles. The van der Waals surface area contributed by atoms with Crippen molar-refractivity contribution in [2.45, 2.75) is 44.6 Å². The van der Waals surface area contributed by atoms with Crippen LogP contribution >= 0.6 is 0 Å². The maximum atomic E-state index is 13.5. The van der Waals surface area contributed by atoms with Gasteiger partial charge in [0.1, 0.15) is 11.5 Å². The highest BCUT2D eigenvalue weighted by molar-refractivity contribution is 6.36. The standard InChI is InChI=1S/C24H23FN2O4/c25-16-9-7-15(8-10-16)21-22(26-17-11-12-19-20(13-17)31-14-30-19)24(29)27(23(21)28)18-5-3-1-2-4-6-18/h7-13,18,26H,1-6,14H2. The fourth-order valence-electron chi connectivity index (χ4n) is 4.51. The summed E-state index contributed by atoms with van der Waals surface area (Å²) in [5.74, 6) is 0.145. The molecule has 160 valence electrons. The molecule has 2 aromatic carbocycles. The van der Waals surface area contributed by atoms with E-state index >= 15 is 0 Å². The summed E-state index contributed by atoms with van der Waals surface area (Å²) in [7, 11) is 0. The van der Waals surface area contributed by atoms with E-state index in [-0.39, 0.29) is 35.9 Å². The lowest BCUT2D eigenvalue weighted by atomic mass is 10.0. The number of fused-ring (bicyclic) bond motifs is 1. The Kier molecular flexibility index (Phi) is 5.10. The monoisotopic (exact) mass is 422 g/mol. The van der Waals surface area contributed by atoms with E-state index in [0.717, 1.165) is 38.5 Å². The lowest BCUT2D eigenvalue weighted by Crippen LogP contribution is -2.41. The quantitative estimate of drug-likeness (QED) is 0.582. The molecule has 0 atom stereocenters. The average molecular weight is 422 g/mol. The van der Waals surface area contributed by atoms with Gasteiger partial charge in [0.05, 0.1) is 5.57 Å². The van der Waals surface area contributed by atoms with Gasteiger partial charge in [0.15, 0.2) is 11.5 Å². The summed E-state index contributed by atoms with van der Waals surface area (Å²) in [6.45, 7) is 0.148. The molecule has 2 heterocycles. The average Bonchev–Trinajstić information content (AvgIpc) is 3.20. The predicted octanol–water partition coefficient (Wildman–Crippen LogP) is 4.47. The fraction of sp³-hybridized carbons (Fsp3) is 0.333. The van der Waals surface area contributed by atoms with Gasteiger partial charge in [-0.2, -0.15) is 0 Å². The lowest BCUT2D eigenvalue weighted by molar-refractivity contribution is -0.139. The van der Waals surface area contributed by atoms with Crippen molar-refractivity contribution >= 4 is 23.1 Å². The van der Waals surface area contributed by atoms with Crippen molar-refractivity contribution in [1.29, 1.82) is 0 Å². The molecule has 1 saturated carbocycles. The van der Waals surface area contributed by atoms with Crippen molar-refractivity contribution < 1.29 is 23.5 Å². The van der Waals surface area contributed by atoms with E-state index < -0.39 is 5.82 Å². The summed E-state index contributed by atoms with van der Waals surface area (Å²) in [6.07, 6.45) is 5.86. The Morgan fingerprint density at radius 1 is 0.871 bits per heavy atom. The number of benzene rings is 2. The van der Waals surface area contributed by atoms with Crippen LogP contribution in [0, 0.1) is 5.82 Å². The molecule has 7 heteroatoms. The number of anilines is 1. The van der Waals surface area contributed by atoms with Crippen LogP contribution in [0.3, 0.4) is 0 Å². The van der Waals surface area contributed by atoms with Crippen molar-refractivity contribution in [3.8, 4) is 11.5 Å². The molecule has 1 N–H and O–H groups in total. The molecule has 0 aromatic heterocycles. The summed E-state index contributed by atoms with van der Waals surface area (Å²) in [5.41, 5.74) is 1.61. The third-order valence-corrected chi connectivity index (χ3v) is 6.08. The molecule has 2 aromatic rings. The highest BCUT2D eigenvalue weighted by Gasteiger charge is 2.43. The second-order valence-electron chi connectivity index (χ2n) is 8.08. The van der Waals surface area contributed by atoms with Crippen LogP contribution in [0.25, 0.3) is 5.57 Å². The van der Waals surface area contributed by atoms with Gasteiger partial charge in [-0.05, 0) is 42.7 Å². The van der Waals surface area contributed by atoms with Crippen LogP contribution in [0.4, 0.5) is 10.1 Å². The van der Waals surface area contributed by atoms with Crippen LogP contribution in [0.2, 0.25) is 0 Å². The number of rotatable bonds is 4. The zero-order chi connectivity index (χ0) is 21.4. The lowest BCUT2D eigenvalue weighted by Gasteiger charge is -2.25. The summed E-state index contributed by atoms with van der Waals surface area (Å²) < 4.78 is 24.3. The molecule has 1 fully saturated rings. The number of imide groups is 1. The zero-order valence-corrected chi connectivity index (χ0v) is 17.0. The normalized spacial score (nSPS) is 19.2. The molecule has 0 spiro atoms. The number of carbonyl (C=O) groups excluding carboxylic acids is 2. The second kappa shape index (κ2) is 8.06. The topological polar surface area (TPSA) is 67.9 Å². The van der Waals surface area contributed by atoms with Crippen molar-refractivity contribution in [2.24, 2.45) is 0 Å². The van der Waals surface area contributed by atoms with Gasteiger partial charge in [0.2, 0.25) is 6.79 Å². The van der Waals surface area contributed by atoms with E-state index in [1.165, 1.54) is 29.2 Å². The van der Waals surface area contributed by atoms with Crippen LogP contribution in [0.15, 0.2) is 48.2 Å². The number of hydrogen-bond acceptors (Lipinski definition) is 5. The molecule has 5 rings (SSSR count). The Morgan fingerprint density at radius 3 is 2.32 bits per heavy atom. The van der Waals surface area contributed by atoms with E-state index in [9.17, 15) is 14.0 Å². The van der Waals surface area contributed by atoms with Gasteiger partial charge in [0, 0.05) is 17.8 Å². The summed E-state index contributed by atoms with van der Waals surface area (Å²) >= 11 is 0. The minimum Gasteiger partial charge on any atom is -0.454 e. The van der Waals surface area contributed by atoms with E-state index in [1.807, 2.05) is 0 Å². The third kappa shape index (κ3) is 3.65. The Morgan fingerprint density at radius 2 is 1.58 bits per heavy atom. The molecule has 2 amide bonds. The first-order valence-electron chi connectivity index (χ1n) is 10.7. The van der Waals surface area contributed by atoms with Gasteiger partial charge >= 0.3 is 0 Å². The van der Waals surface area contributed by atoms with Gasteiger partial charge in [-0.1, -0.05) is 37.8 Å². The van der Waals surface area contributed by atoms with Crippen molar-refractivity contribution in [2.75, 3.05) is 12.1 Å². The molecule has 0 radical (unpaired) electrons. The highest BCUT2D eigenvalue weighted by Crippen LogP contribution is 2.38. The minimum atomic E-state index is -0.396. The van der Waals surface area contributed by atoms with Crippen LogP contribution in [-0.4, -0.2) is 29.5 Å². The number of carbonyl (C=O) groups is 2. The first kappa shape index (κ1) is 19.6. The van der Waals surface area contributed by atoms with Crippen LogP contribution in [-0.2, 0) is 9.59 Å². The Balaban J connectivity index is 1.53. The smallest absolute Gasteiger partial charge is 0.278 e. The van der Waals surface area contributed by atoms with E-state index in [1.54, 1.807) is 18.2 Å². The first-order chi connectivity index (χ1) is 15.1. The summed E-state index contributed by atoms with van der Waals surface area (Å²) in [5, 5.41) is 3.14. The largest absolute Gasteiger partial charge is 0.454 e. The van der Waals surface area contributed by atoms with Gasteiger partial charge in [-0.3, -0.25) is 14.5 Å². The van der Waals surface area contributed by atoms with Gasteiger partial charge in [-0.25, -0.2) is 4.39 Å². The molecule has 0 saturated heterocycles. The molecule has 6 nitrogen and oxygen atoms in total. The predicted molar refractivity (Wildman–Crippen MR) is 113 cm³/mol. The Hall–Kier alpha value is -3.35. The van der Waals surface area contributed by atoms with E-state index in [0.29, 0.717) is 22.7 Å². The van der Waals surface area contributed by atoms with Gasteiger partial charge in [0.25, 0.3) is 11.8 Å². The molecule has 3 aliphatic rings. The minimum absolute atomic E-state index is 0.117. The Labute approximate surface area is 179 Å². The highest BCUT2D eigenvalue weighted by atomic mass is 19.1. The molecule has 2 aliphatic heterocycles. The molecule has 0 bridgehead atoms. The van der Waals surface area contributed by atoms with Gasteiger partial charge < -0.3 is 14.8 Å².